The average molecular weight is 490 g/mol. The SMILES string of the molecule is C=CCCc1ccc(-c2ccc(-c3ccc(-c4ccc(OCC=C)c(F)c4F)cc3)c(F)c2F)cn1. The lowest BCUT2D eigenvalue weighted by Gasteiger charge is -2.11. The molecule has 1 heterocycles. The highest BCUT2D eigenvalue weighted by Gasteiger charge is 2.18. The minimum absolute atomic E-state index is 0.0241. The van der Waals surface area contributed by atoms with Gasteiger partial charge in [0.2, 0.25) is 5.82 Å². The molecule has 3 aromatic carbocycles. The minimum Gasteiger partial charge on any atom is -0.486 e. The number of hydrogen-bond acceptors (Lipinski definition) is 2. The second-order valence-electron chi connectivity index (χ2n) is 8.07. The number of ether oxygens (including phenoxy) is 1. The van der Waals surface area contributed by atoms with E-state index in [1.54, 1.807) is 18.2 Å². The summed E-state index contributed by atoms with van der Waals surface area (Å²) in [6, 6.07) is 15.3. The number of hydrogen-bond donors (Lipinski definition) is 0. The first-order valence-corrected chi connectivity index (χ1v) is 11.3. The Bertz CT molecular complexity index is 1400. The second kappa shape index (κ2) is 11.0. The average Bonchev–Trinajstić information content (AvgIpc) is 2.90. The Labute approximate surface area is 207 Å². The van der Waals surface area contributed by atoms with Crippen LogP contribution < -0.4 is 4.74 Å². The third-order valence-electron chi connectivity index (χ3n) is 5.73. The predicted octanol–water partition coefficient (Wildman–Crippen LogP) is 8.32. The maximum Gasteiger partial charge on any atom is 0.201 e. The third-order valence-corrected chi connectivity index (χ3v) is 5.73. The van der Waals surface area contributed by atoms with Crippen LogP contribution in [0.15, 0.2) is 92.2 Å². The van der Waals surface area contributed by atoms with Crippen molar-refractivity contribution in [2.75, 3.05) is 6.61 Å². The van der Waals surface area contributed by atoms with Crippen LogP contribution in [0.25, 0.3) is 33.4 Å². The van der Waals surface area contributed by atoms with Gasteiger partial charge in [-0.1, -0.05) is 61.2 Å². The van der Waals surface area contributed by atoms with Crippen molar-refractivity contribution in [1.82, 2.24) is 4.98 Å². The monoisotopic (exact) mass is 489 g/mol. The van der Waals surface area contributed by atoms with Crippen LogP contribution in [-0.2, 0) is 6.42 Å². The maximum absolute atomic E-state index is 15.0. The van der Waals surface area contributed by atoms with Gasteiger partial charge < -0.3 is 4.74 Å². The smallest absolute Gasteiger partial charge is 0.201 e. The van der Waals surface area contributed by atoms with Gasteiger partial charge in [-0.05, 0) is 42.2 Å². The molecule has 182 valence electrons. The molecule has 0 radical (unpaired) electrons. The normalized spacial score (nSPS) is 10.8. The molecule has 0 aliphatic carbocycles. The number of halogens is 4. The molecule has 0 atom stereocenters. The molecule has 6 heteroatoms. The van der Waals surface area contributed by atoms with Crippen LogP contribution >= 0.6 is 0 Å². The van der Waals surface area contributed by atoms with Gasteiger partial charge in [-0.3, -0.25) is 4.98 Å². The lowest BCUT2D eigenvalue weighted by molar-refractivity contribution is 0.333. The topological polar surface area (TPSA) is 22.1 Å². The molecule has 1 aromatic heterocycles. The van der Waals surface area contributed by atoms with Crippen LogP contribution in [0.2, 0.25) is 0 Å². The van der Waals surface area contributed by atoms with Crippen molar-refractivity contribution < 1.29 is 22.3 Å². The fourth-order valence-electron chi connectivity index (χ4n) is 3.82. The summed E-state index contributed by atoms with van der Waals surface area (Å²) in [5, 5.41) is 0. The van der Waals surface area contributed by atoms with Crippen molar-refractivity contribution in [1.29, 1.82) is 0 Å². The summed E-state index contributed by atoms with van der Waals surface area (Å²) in [6.45, 7) is 7.19. The zero-order chi connectivity index (χ0) is 25.7. The fourth-order valence-corrected chi connectivity index (χ4v) is 3.82. The molecule has 0 spiro atoms. The van der Waals surface area contributed by atoms with Crippen LogP contribution in [0.5, 0.6) is 5.75 Å². The highest BCUT2D eigenvalue weighted by atomic mass is 19.2. The van der Waals surface area contributed by atoms with E-state index >= 15 is 4.39 Å². The molecule has 4 rings (SSSR count). The van der Waals surface area contributed by atoms with Gasteiger partial charge in [0, 0.05) is 34.1 Å². The van der Waals surface area contributed by atoms with Crippen molar-refractivity contribution in [3.05, 3.63) is 121 Å². The van der Waals surface area contributed by atoms with Gasteiger partial charge in [-0.15, -0.1) is 6.58 Å². The molecular weight excluding hydrogens is 466 g/mol. The third kappa shape index (κ3) is 5.08. The Kier molecular flexibility index (Phi) is 7.64. The number of rotatable bonds is 9. The van der Waals surface area contributed by atoms with Gasteiger partial charge in [-0.25, -0.2) is 13.2 Å². The molecular formula is C30H23F4NO. The van der Waals surface area contributed by atoms with Crippen LogP contribution in [0, 0.1) is 23.3 Å². The zero-order valence-electron chi connectivity index (χ0n) is 19.4. The highest BCUT2D eigenvalue weighted by Crippen LogP contribution is 2.34. The molecule has 0 fully saturated rings. The molecule has 0 saturated heterocycles. The standard InChI is InChI=1S/C30H23F4NO/c1-3-5-6-22-12-11-21(18-35-22)25-14-13-23(27(31)28(25)32)19-7-9-20(10-8-19)24-15-16-26(36-17-4-2)30(34)29(24)33/h3-4,7-16,18H,1-2,5-6,17H2. The summed E-state index contributed by atoms with van der Waals surface area (Å²) in [5.74, 6) is -4.37. The van der Waals surface area contributed by atoms with E-state index in [1.165, 1.54) is 60.8 Å². The highest BCUT2D eigenvalue weighted by molar-refractivity contribution is 5.74. The van der Waals surface area contributed by atoms with Crippen molar-refractivity contribution in [3.63, 3.8) is 0 Å². The number of benzene rings is 3. The van der Waals surface area contributed by atoms with Crippen molar-refractivity contribution in [3.8, 4) is 39.1 Å². The maximum atomic E-state index is 15.0. The molecule has 0 unspecified atom stereocenters. The van der Waals surface area contributed by atoms with Crippen LogP contribution in [-0.4, -0.2) is 11.6 Å². The lowest BCUT2D eigenvalue weighted by atomic mass is 9.97. The first-order chi connectivity index (χ1) is 17.4. The van der Waals surface area contributed by atoms with Gasteiger partial charge in [0.25, 0.3) is 0 Å². The fraction of sp³-hybridized carbons (Fsp3) is 0.100. The largest absolute Gasteiger partial charge is 0.486 e. The van der Waals surface area contributed by atoms with Crippen LogP contribution in [0.4, 0.5) is 17.6 Å². The Morgan fingerprint density at radius 1 is 0.639 bits per heavy atom. The van der Waals surface area contributed by atoms with E-state index in [0.717, 1.165) is 18.5 Å². The minimum atomic E-state index is -1.11. The van der Waals surface area contributed by atoms with E-state index in [1.807, 2.05) is 0 Å². The van der Waals surface area contributed by atoms with Gasteiger partial charge >= 0.3 is 0 Å². The van der Waals surface area contributed by atoms with E-state index in [-0.39, 0.29) is 29.0 Å². The predicted molar refractivity (Wildman–Crippen MR) is 135 cm³/mol. The van der Waals surface area contributed by atoms with Crippen LogP contribution in [0.3, 0.4) is 0 Å². The quantitative estimate of drug-likeness (QED) is 0.174. The van der Waals surface area contributed by atoms with Crippen molar-refractivity contribution >= 4 is 0 Å². The Morgan fingerprint density at radius 2 is 1.17 bits per heavy atom. The van der Waals surface area contributed by atoms with E-state index < -0.39 is 23.3 Å². The summed E-state index contributed by atoms with van der Waals surface area (Å²) in [6.07, 6.45) is 6.24. The summed E-state index contributed by atoms with van der Waals surface area (Å²) >= 11 is 0. The summed E-state index contributed by atoms with van der Waals surface area (Å²) in [4.78, 5) is 4.31. The molecule has 0 amide bonds. The van der Waals surface area contributed by atoms with E-state index in [4.69, 9.17) is 4.74 Å². The molecule has 0 aliphatic heterocycles. The molecule has 4 aromatic rings. The lowest BCUT2D eigenvalue weighted by Crippen LogP contribution is -1.99. The van der Waals surface area contributed by atoms with Gasteiger partial charge in [0.1, 0.15) is 6.61 Å². The van der Waals surface area contributed by atoms with Gasteiger partial charge in [0.05, 0.1) is 0 Å². The number of allylic oxidation sites excluding steroid dienone is 1. The number of pyridine rings is 1. The first kappa shape index (κ1) is 24.9. The van der Waals surface area contributed by atoms with Crippen LogP contribution in [0.1, 0.15) is 12.1 Å². The van der Waals surface area contributed by atoms with E-state index in [2.05, 4.69) is 18.1 Å². The summed E-state index contributed by atoms with van der Waals surface area (Å²) < 4.78 is 64.1. The van der Waals surface area contributed by atoms with E-state index in [0.29, 0.717) is 16.7 Å². The second-order valence-corrected chi connectivity index (χ2v) is 8.07. The molecule has 0 aliphatic rings. The molecule has 2 nitrogen and oxygen atoms in total. The van der Waals surface area contributed by atoms with E-state index in [9.17, 15) is 13.2 Å². The van der Waals surface area contributed by atoms with Crippen molar-refractivity contribution in [2.45, 2.75) is 12.8 Å². The van der Waals surface area contributed by atoms with Gasteiger partial charge in [0.15, 0.2) is 23.2 Å². The number of nitrogens with zero attached hydrogens (tertiary/aromatic N) is 1. The Morgan fingerprint density at radius 3 is 1.69 bits per heavy atom. The Hall–Kier alpha value is -4.19. The van der Waals surface area contributed by atoms with Gasteiger partial charge in [-0.2, -0.15) is 4.39 Å². The molecule has 0 saturated carbocycles. The number of aromatic nitrogens is 1. The summed E-state index contributed by atoms with van der Waals surface area (Å²) in [7, 11) is 0. The Balaban J connectivity index is 1.60. The number of aryl methyl sites for hydroxylation is 1. The molecule has 36 heavy (non-hydrogen) atoms. The summed E-state index contributed by atoms with van der Waals surface area (Å²) in [5.41, 5.74) is 2.26. The van der Waals surface area contributed by atoms with Crippen molar-refractivity contribution in [2.24, 2.45) is 0 Å². The molecule has 0 N–H and O–H groups in total. The zero-order valence-corrected chi connectivity index (χ0v) is 19.4. The molecule has 0 bridgehead atoms. The first-order valence-electron chi connectivity index (χ1n) is 11.3.